The van der Waals surface area contributed by atoms with Crippen LogP contribution >= 0.6 is 11.8 Å². The van der Waals surface area contributed by atoms with Crippen molar-refractivity contribution in [3.8, 4) is 5.75 Å². The highest BCUT2D eigenvalue weighted by Gasteiger charge is 2.40. The lowest BCUT2D eigenvalue weighted by Gasteiger charge is -2.43. The first kappa shape index (κ1) is 14.2. The monoisotopic (exact) mass is 280 g/mol. The second-order valence-corrected chi connectivity index (χ2v) is 6.84. The number of carbonyl (C=O) groups is 1. The minimum absolute atomic E-state index is 0.0776. The van der Waals surface area contributed by atoms with Gasteiger partial charge in [0.2, 0.25) is 5.91 Å². The van der Waals surface area contributed by atoms with Crippen LogP contribution in [-0.2, 0) is 16.6 Å². The summed E-state index contributed by atoms with van der Waals surface area (Å²) in [5, 5.41) is 9.81. The van der Waals surface area contributed by atoms with Crippen molar-refractivity contribution in [2.24, 2.45) is 11.5 Å². The molecule has 5 N–H and O–H groups in total. The number of nitrogens with two attached hydrogens (primary N) is 2. The first-order valence-electron chi connectivity index (χ1n) is 6.30. The van der Waals surface area contributed by atoms with E-state index in [0.717, 1.165) is 12.0 Å². The van der Waals surface area contributed by atoms with Gasteiger partial charge in [-0.25, -0.2) is 0 Å². The van der Waals surface area contributed by atoms with E-state index in [1.807, 2.05) is 6.07 Å². The number of carbonyl (C=O) groups excluding carboxylic acids is 1. The summed E-state index contributed by atoms with van der Waals surface area (Å²) in [6.07, 6.45) is 0.804. The highest BCUT2D eigenvalue weighted by Crippen LogP contribution is 2.41. The van der Waals surface area contributed by atoms with Crippen LogP contribution in [0.3, 0.4) is 0 Å². The van der Waals surface area contributed by atoms with Crippen molar-refractivity contribution < 1.29 is 9.90 Å². The zero-order chi connectivity index (χ0) is 14.2. The summed E-state index contributed by atoms with van der Waals surface area (Å²) < 4.78 is 0. The number of hydrogen-bond acceptors (Lipinski definition) is 4. The number of phenolic OH excluding ortho intramolecular Hbond substituents is 1. The van der Waals surface area contributed by atoms with E-state index in [1.54, 1.807) is 12.1 Å². The molecule has 0 aliphatic heterocycles. The molecule has 0 fully saturated rings. The quantitative estimate of drug-likeness (QED) is 0.774. The number of hydrogen-bond donors (Lipinski definition) is 3. The van der Waals surface area contributed by atoms with Gasteiger partial charge in [-0.1, -0.05) is 19.9 Å². The van der Waals surface area contributed by atoms with Crippen molar-refractivity contribution in [1.29, 1.82) is 0 Å². The first-order valence-corrected chi connectivity index (χ1v) is 7.35. The Morgan fingerprint density at radius 3 is 2.84 bits per heavy atom. The highest BCUT2D eigenvalue weighted by atomic mass is 32.2. The van der Waals surface area contributed by atoms with E-state index in [0.29, 0.717) is 5.75 Å². The molecule has 1 aliphatic carbocycles. The van der Waals surface area contributed by atoms with Crippen molar-refractivity contribution >= 4 is 17.7 Å². The molecule has 1 aromatic carbocycles. The van der Waals surface area contributed by atoms with Gasteiger partial charge in [-0.05, 0) is 29.7 Å². The Morgan fingerprint density at radius 2 is 2.21 bits per heavy atom. The van der Waals surface area contributed by atoms with Gasteiger partial charge in [0.1, 0.15) is 5.75 Å². The Hall–Kier alpha value is -1.20. The van der Waals surface area contributed by atoms with Crippen LogP contribution in [0.2, 0.25) is 0 Å². The minimum Gasteiger partial charge on any atom is -0.508 e. The fraction of sp³-hybridized carbons (Fsp3) is 0.500. The van der Waals surface area contributed by atoms with Crippen LogP contribution in [-0.4, -0.2) is 28.1 Å². The maximum atomic E-state index is 10.9. The molecule has 104 valence electrons. The summed E-state index contributed by atoms with van der Waals surface area (Å²) in [5.74, 6) is 0.246. The van der Waals surface area contributed by atoms with Crippen molar-refractivity contribution in [2.75, 3.05) is 5.75 Å². The molecule has 0 radical (unpaired) electrons. The highest BCUT2D eigenvalue weighted by molar-refractivity contribution is 8.00. The van der Waals surface area contributed by atoms with E-state index in [9.17, 15) is 9.90 Å². The van der Waals surface area contributed by atoms with E-state index in [1.165, 1.54) is 17.3 Å². The predicted octanol–water partition coefficient (Wildman–Crippen LogP) is 1.14. The van der Waals surface area contributed by atoms with Crippen LogP contribution in [0.5, 0.6) is 5.75 Å². The maximum Gasteiger partial charge on any atom is 0.227 e. The fourth-order valence-electron chi connectivity index (χ4n) is 2.68. The van der Waals surface area contributed by atoms with Crippen molar-refractivity contribution in [3.63, 3.8) is 0 Å². The molecular formula is C14H20N2O2S. The van der Waals surface area contributed by atoms with E-state index in [4.69, 9.17) is 11.5 Å². The molecule has 2 unspecified atom stereocenters. The molecule has 5 heteroatoms. The molecule has 0 aromatic heterocycles. The van der Waals surface area contributed by atoms with Gasteiger partial charge in [-0.15, -0.1) is 11.8 Å². The van der Waals surface area contributed by atoms with Gasteiger partial charge in [0.05, 0.1) is 5.75 Å². The molecule has 1 aromatic rings. The SMILES string of the molecule is CC1(C)c2cc(O)ccc2CC(SCC(N)=O)C1N. The molecule has 0 spiro atoms. The number of thioether (sulfide) groups is 1. The summed E-state index contributed by atoms with van der Waals surface area (Å²) in [7, 11) is 0. The van der Waals surface area contributed by atoms with Crippen molar-refractivity contribution in [3.05, 3.63) is 29.3 Å². The van der Waals surface area contributed by atoms with E-state index >= 15 is 0 Å². The smallest absolute Gasteiger partial charge is 0.227 e. The Bertz CT molecular complexity index is 502. The second-order valence-electron chi connectivity index (χ2n) is 5.61. The molecular weight excluding hydrogens is 260 g/mol. The summed E-state index contributed by atoms with van der Waals surface area (Å²) in [4.78, 5) is 10.9. The fourth-order valence-corrected chi connectivity index (χ4v) is 3.91. The number of primary amides is 1. The van der Waals surface area contributed by atoms with Gasteiger partial charge in [-0.3, -0.25) is 4.79 Å². The normalized spacial score (nSPS) is 24.8. The third-order valence-corrected chi connectivity index (χ3v) is 5.22. The molecule has 0 heterocycles. The van der Waals surface area contributed by atoms with Crippen LogP contribution in [0.4, 0.5) is 0 Å². The van der Waals surface area contributed by atoms with Crippen LogP contribution in [0.15, 0.2) is 18.2 Å². The summed E-state index contributed by atoms with van der Waals surface area (Å²) in [6.45, 7) is 4.15. The van der Waals surface area contributed by atoms with Gasteiger partial charge in [-0.2, -0.15) is 0 Å². The van der Waals surface area contributed by atoms with Gasteiger partial charge < -0.3 is 16.6 Å². The minimum atomic E-state index is -0.313. The van der Waals surface area contributed by atoms with Crippen LogP contribution < -0.4 is 11.5 Å². The third-order valence-electron chi connectivity index (χ3n) is 3.88. The zero-order valence-corrected chi connectivity index (χ0v) is 12.0. The molecule has 4 nitrogen and oxygen atoms in total. The molecule has 2 atom stereocenters. The summed E-state index contributed by atoms with van der Waals surface area (Å²) in [6, 6.07) is 5.35. The van der Waals surface area contributed by atoms with E-state index in [-0.39, 0.29) is 28.4 Å². The molecule has 0 bridgehead atoms. The Kier molecular flexibility index (Phi) is 3.78. The maximum absolute atomic E-state index is 10.9. The molecule has 0 saturated heterocycles. The lowest BCUT2D eigenvalue weighted by molar-refractivity contribution is -0.115. The molecule has 1 amide bonds. The Morgan fingerprint density at radius 1 is 1.53 bits per heavy atom. The van der Waals surface area contributed by atoms with Crippen LogP contribution in [0.25, 0.3) is 0 Å². The molecule has 19 heavy (non-hydrogen) atoms. The first-order chi connectivity index (χ1) is 8.82. The van der Waals surface area contributed by atoms with Gasteiger partial charge in [0, 0.05) is 16.7 Å². The largest absolute Gasteiger partial charge is 0.508 e. The summed E-state index contributed by atoms with van der Waals surface area (Å²) in [5.41, 5.74) is 13.6. The van der Waals surface area contributed by atoms with Crippen LogP contribution in [0.1, 0.15) is 25.0 Å². The van der Waals surface area contributed by atoms with Crippen molar-refractivity contribution in [1.82, 2.24) is 0 Å². The third kappa shape index (κ3) is 2.72. The number of rotatable bonds is 3. The number of aromatic hydroxyl groups is 1. The van der Waals surface area contributed by atoms with Gasteiger partial charge in [0.25, 0.3) is 0 Å². The summed E-state index contributed by atoms with van der Waals surface area (Å²) >= 11 is 1.52. The zero-order valence-electron chi connectivity index (χ0n) is 11.2. The molecule has 1 aliphatic rings. The Labute approximate surface area is 117 Å². The molecule has 0 saturated carbocycles. The lowest BCUT2D eigenvalue weighted by atomic mass is 9.69. The average Bonchev–Trinajstić information content (AvgIpc) is 2.33. The average molecular weight is 280 g/mol. The van der Waals surface area contributed by atoms with Crippen molar-refractivity contribution in [2.45, 2.75) is 37.0 Å². The lowest BCUT2D eigenvalue weighted by Crippen LogP contribution is -2.52. The predicted molar refractivity (Wildman–Crippen MR) is 78.3 cm³/mol. The van der Waals surface area contributed by atoms with E-state index in [2.05, 4.69) is 13.8 Å². The van der Waals surface area contributed by atoms with E-state index < -0.39 is 0 Å². The van der Waals surface area contributed by atoms with Gasteiger partial charge >= 0.3 is 0 Å². The number of phenols is 1. The number of benzene rings is 1. The number of amides is 1. The number of fused-ring (bicyclic) bond motifs is 1. The van der Waals surface area contributed by atoms with Gasteiger partial charge in [0.15, 0.2) is 0 Å². The molecule has 2 rings (SSSR count). The van der Waals surface area contributed by atoms with Crippen LogP contribution in [0, 0.1) is 0 Å². The Balaban J connectivity index is 2.31. The topological polar surface area (TPSA) is 89.3 Å². The second kappa shape index (κ2) is 5.06. The standard InChI is InChI=1S/C14H20N2O2S/c1-14(2)10-6-9(17)4-3-8(10)5-11(13(14)16)19-7-12(15)18/h3-4,6,11,13,17H,5,7,16H2,1-2H3,(H2,15,18).